The molecule has 2 rings (SSSR count). The largest absolute Gasteiger partial charge is 0.465 e. The predicted octanol–water partition coefficient (Wildman–Crippen LogP) is 2.23. The van der Waals surface area contributed by atoms with Crippen LogP contribution in [0.1, 0.15) is 11.6 Å². The fourth-order valence-electron chi connectivity index (χ4n) is 1.57. The number of carbonyl (C=O) groups excluding carboxylic acids is 1. The summed E-state index contributed by atoms with van der Waals surface area (Å²) in [4.78, 5) is 26.7. The van der Waals surface area contributed by atoms with E-state index in [0.717, 1.165) is 6.07 Å². The van der Waals surface area contributed by atoms with Crippen LogP contribution in [0.25, 0.3) is 0 Å². The van der Waals surface area contributed by atoms with E-state index in [4.69, 9.17) is 5.11 Å². The third kappa shape index (κ3) is 3.51. The minimum Gasteiger partial charge on any atom is -0.465 e. The van der Waals surface area contributed by atoms with Crippen molar-refractivity contribution in [3.8, 4) is 0 Å². The Morgan fingerprint density at radius 3 is 2.80 bits per heavy atom. The number of anilines is 1. The predicted molar refractivity (Wildman–Crippen MR) is 71.0 cm³/mol. The van der Waals surface area contributed by atoms with Gasteiger partial charge in [0.1, 0.15) is 11.9 Å². The second kappa shape index (κ2) is 6.11. The summed E-state index contributed by atoms with van der Waals surface area (Å²) in [5.41, 5.74) is 0.210. The number of hydrogen-bond donors (Lipinski definition) is 3. The summed E-state index contributed by atoms with van der Waals surface area (Å²) in [6, 6.07) is 3.96. The SMILES string of the molecule is O=C(O)NC(C(=O)Nc1nccs1)c1cccc(F)c1. The van der Waals surface area contributed by atoms with E-state index in [0.29, 0.717) is 5.13 Å². The minimum absolute atomic E-state index is 0.210. The zero-order chi connectivity index (χ0) is 14.5. The number of hydrogen-bond acceptors (Lipinski definition) is 4. The highest BCUT2D eigenvalue weighted by molar-refractivity contribution is 7.13. The number of nitrogens with one attached hydrogen (secondary N) is 2. The van der Waals surface area contributed by atoms with E-state index >= 15 is 0 Å². The number of amides is 2. The molecule has 0 radical (unpaired) electrons. The summed E-state index contributed by atoms with van der Waals surface area (Å²) in [5, 5.41) is 15.3. The lowest BCUT2D eigenvalue weighted by Crippen LogP contribution is -2.36. The third-order valence-electron chi connectivity index (χ3n) is 2.37. The maximum Gasteiger partial charge on any atom is 0.405 e. The van der Waals surface area contributed by atoms with Crippen molar-refractivity contribution in [3.63, 3.8) is 0 Å². The molecule has 2 aromatic rings. The molecule has 0 spiro atoms. The van der Waals surface area contributed by atoms with E-state index in [1.807, 2.05) is 0 Å². The van der Waals surface area contributed by atoms with Gasteiger partial charge in [-0.3, -0.25) is 10.1 Å². The molecule has 0 bridgehead atoms. The normalized spacial score (nSPS) is 11.7. The Morgan fingerprint density at radius 2 is 2.20 bits per heavy atom. The Bertz CT molecular complexity index is 618. The molecule has 0 saturated carbocycles. The highest BCUT2D eigenvalue weighted by Crippen LogP contribution is 2.18. The van der Waals surface area contributed by atoms with Gasteiger partial charge in [-0.1, -0.05) is 12.1 Å². The van der Waals surface area contributed by atoms with E-state index in [-0.39, 0.29) is 5.56 Å². The zero-order valence-corrected chi connectivity index (χ0v) is 10.9. The van der Waals surface area contributed by atoms with Gasteiger partial charge in [-0.05, 0) is 17.7 Å². The molecule has 1 atom stereocenters. The Morgan fingerprint density at radius 1 is 1.40 bits per heavy atom. The van der Waals surface area contributed by atoms with Crippen LogP contribution < -0.4 is 10.6 Å². The summed E-state index contributed by atoms with van der Waals surface area (Å²) < 4.78 is 13.2. The molecule has 1 aromatic carbocycles. The van der Waals surface area contributed by atoms with E-state index in [2.05, 4.69) is 15.6 Å². The summed E-state index contributed by atoms with van der Waals surface area (Å²) in [7, 11) is 0. The maximum absolute atomic E-state index is 13.2. The molecular weight excluding hydrogens is 285 g/mol. The van der Waals surface area contributed by atoms with Gasteiger partial charge in [-0.15, -0.1) is 11.3 Å². The summed E-state index contributed by atoms with van der Waals surface area (Å²) >= 11 is 1.19. The van der Waals surface area contributed by atoms with Crippen molar-refractivity contribution < 1.29 is 19.1 Å². The lowest BCUT2D eigenvalue weighted by molar-refractivity contribution is -0.118. The Kier molecular flexibility index (Phi) is 4.26. The number of benzene rings is 1. The molecule has 8 heteroatoms. The van der Waals surface area contributed by atoms with Gasteiger partial charge in [0, 0.05) is 11.6 Å². The van der Waals surface area contributed by atoms with E-state index < -0.39 is 23.9 Å². The van der Waals surface area contributed by atoms with Gasteiger partial charge in [0.05, 0.1) is 0 Å². The molecule has 0 saturated heterocycles. The fourth-order valence-corrected chi connectivity index (χ4v) is 2.10. The quantitative estimate of drug-likeness (QED) is 0.806. The first-order valence-electron chi connectivity index (χ1n) is 5.51. The summed E-state index contributed by atoms with van der Waals surface area (Å²) in [5.74, 6) is -1.19. The van der Waals surface area contributed by atoms with Crippen molar-refractivity contribution in [1.29, 1.82) is 0 Å². The molecule has 1 unspecified atom stereocenters. The first-order chi connectivity index (χ1) is 9.56. The highest BCUT2D eigenvalue weighted by Gasteiger charge is 2.23. The lowest BCUT2D eigenvalue weighted by Gasteiger charge is -2.16. The highest BCUT2D eigenvalue weighted by atomic mass is 32.1. The second-order valence-corrected chi connectivity index (χ2v) is 4.66. The molecule has 3 N–H and O–H groups in total. The first kappa shape index (κ1) is 13.9. The van der Waals surface area contributed by atoms with Gasteiger partial charge in [0.25, 0.3) is 5.91 Å². The number of thiazole rings is 1. The van der Waals surface area contributed by atoms with Crippen LogP contribution in [0.5, 0.6) is 0 Å². The Hall–Kier alpha value is -2.48. The molecule has 1 aromatic heterocycles. The average Bonchev–Trinajstić information content (AvgIpc) is 2.88. The van der Waals surface area contributed by atoms with Crippen molar-refractivity contribution in [1.82, 2.24) is 10.3 Å². The average molecular weight is 295 g/mol. The molecular formula is C12H10FN3O3S. The molecule has 0 aliphatic heterocycles. The second-order valence-electron chi connectivity index (χ2n) is 3.76. The van der Waals surface area contributed by atoms with Crippen molar-refractivity contribution in [2.45, 2.75) is 6.04 Å². The molecule has 0 fully saturated rings. The number of carboxylic acid groups (broad SMARTS) is 1. The number of aromatic nitrogens is 1. The standard InChI is InChI=1S/C12H10FN3O3S/c13-8-3-1-2-7(6-8)9(15-12(18)19)10(17)16-11-14-4-5-20-11/h1-6,9,15H,(H,18,19)(H,14,16,17). The van der Waals surface area contributed by atoms with E-state index in [9.17, 15) is 14.0 Å². The van der Waals surface area contributed by atoms with Crippen molar-refractivity contribution in [2.75, 3.05) is 5.32 Å². The van der Waals surface area contributed by atoms with Crippen LogP contribution in [0.4, 0.5) is 14.3 Å². The maximum atomic E-state index is 13.2. The van der Waals surface area contributed by atoms with Crippen LogP contribution in [0.2, 0.25) is 0 Å². The molecule has 1 heterocycles. The monoisotopic (exact) mass is 295 g/mol. The third-order valence-corrected chi connectivity index (χ3v) is 3.06. The zero-order valence-electron chi connectivity index (χ0n) is 10.0. The molecule has 20 heavy (non-hydrogen) atoms. The van der Waals surface area contributed by atoms with Gasteiger partial charge in [0.2, 0.25) is 0 Å². The van der Waals surface area contributed by atoms with Gasteiger partial charge in [-0.25, -0.2) is 14.2 Å². The number of carbonyl (C=O) groups is 2. The molecule has 0 aliphatic carbocycles. The van der Waals surface area contributed by atoms with Crippen molar-refractivity contribution in [3.05, 3.63) is 47.2 Å². The van der Waals surface area contributed by atoms with Crippen LogP contribution in [-0.4, -0.2) is 22.1 Å². The summed E-state index contributed by atoms with van der Waals surface area (Å²) in [6.45, 7) is 0. The first-order valence-corrected chi connectivity index (χ1v) is 6.39. The van der Waals surface area contributed by atoms with Crippen LogP contribution in [0.15, 0.2) is 35.8 Å². The number of nitrogens with zero attached hydrogens (tertiary/aromatic N) is 1. The Labute approximate surface area is 117 Å². The van der Waals surface area contributed by atoms with Gasteiger partial charge in [-0.2, -0.15) is 0 Å². The van der Waals surface area contributed by atoms with E-state index in [1.54, 1.807) is 5.38 Å². The number of rotatable bonds is 4. The molecule has 0 aliphatic rings. The Balaban J connectivity index is 2.22. The van der Waals surface area contributed by atoms with Gasteiger partial charge < -0.3 is 10.4 Å². The fraction of sp³-hybridized carbons (Fsp3) is 0.0833. The number of halogens is 1. The van der Waals surface area contributed by atoms with Crippen LogP contribution >= 0.6 is 11.3 Å². The van der Waals surface area contributed by atoms with Gasteiger partial charge >= 0.3 is 6.09 Å². The van der Waals surface area contributed by atoms with Crippen LogP contribution in [0.3, 0.4) is 0 Å². The van der Waals surface area contributed by atoms with Crippen molar-refractivity contribution in [2.24, 2.45) is 0 Å². The van der Waals surface area contributed by atoms with Crippen LogP contribution in [-0.2, 0) is 4.79 Å². The topological polar surface area (TPSA) is 91.3 Å². The smallest absolute Gasteiger partial charge is 0.405 e. The molecule has 104 valence electrons. The molecule has 6 nitrogen and oxygen atoms in total. The van der Waals surface area contributed by atoms with Crippen LogP contribution in [0, 0.1) is 5.82 Å². The van der Waals surface area contributed by atoms with Crippen molar-refractivity contribution >= 4 is 28.5 Å². The summed E-state index contributed by atoms with van der Waals surface area (Å²) in [6.07, 6.45) is 0.121. The minimum atomic E-state index is -1.38. The lowest BCUT2D eigenvalue weighted by atomic mass is 10.1. The van der Waals surface area contributed by atoms with Gasteiger partial charge in [0.15, 0.2) is 5.13 Å². The molecule has 2 amide bonds. The van der Waals surface area contributed by atoms with E-state index in [1.165, 1.54) is 35.7 Å².